The number of benzene rings is 2. The maximum atomic E-state index is 13.0. The van der Waals surface area contributed by atoms with E-state index in [1.807, 2.05) is 0 Å². The van der Waals surface area contributed by atoms with Gasteiger partial charge in [-0.05, 0) is 36.8 Å². The highest BCUT2D eigenvalue weighted by atomic mass is 32.1. The van der Waals surface area contributed by atoms with Crippen molar-refractivity contribution >= 4 is 23.1 Å². The third kappa shape index (κ3) is 3.62. The normalized spacial score (nSPS) is 17.5. The summed E-state index contributed by atoms with van der Waals surface area (Å²) in [4.78, 5) is 13.0. The van der Waals surface area contributed by atoms with Crippen LogP contribution in [0.4, 0.5) is 13.2 Å². The Kier molecular flexibility index (Phi) is 4.82. The molecule has 2 N–H and O–H groups in total. The van der Waals surface area contributed by atoms with Crippen LogP contribution in [0.3, 0.4) is 0 Å². The van der Waals surface area contributed by atoms with Crippen LogP contribution in [0.2, 0.25) is 0 Å². The van der Waals surface area contributed by atoms with E-state index in [0.29, 0.717) is 27.5 Å². The molecule has 0 radical (unpaired) electrons. The molecule has 0 bridgehead atoms. The van der Waals surface area contributed by atoms with Gasteiger partial charge in [0.25, 0.3) is 0 Å². The fourth-order valence-corrected chi connectivity index (χ4v) is 3.13. The summed E-state index contributed by atoms with van der Waals surface area (Å²) in [5.41, 5.74) is 1.28. The van der Waals surface area contributed by atoms with Gasteiger partial charge >= 0.3 is 6.18 Å². The van der Waals surface area contributed by atoms with E-state index in [1.165, 1.54) is 12.1 Å². The van der Waals surface area contributed by atoms with Crippen LogP contribution in [0.5, 0.6) is 0 Å². The fourth-order valence-electron chi connectivity index (χ4n) is 2.85. The zero-order valence-corrected chi connectivity index (χ0v) is 14.5. The van der Waals surface area contributed by atoms with Crippen molar-refractivity contribution in [3.8, 4) is 0 Å². The van der Waals surface area contributed by atoms with Gasteiger partial charge in [-0.25, -0.2) is 0 Å². The molecule has 2 aromatic carbocycles. The van der Waals surface area contributed by atoms with Crippen molar-refractivity contribution in [1.82, 2.24) is 10.6 Å². The van der Waals surface area contributed by atoms with E-state index in [-0.39, 0.29) is 5.78 Å². The molecule has 0 aliphatic carbocycles. The first kappa shape index (κ1) is 18.1. The number of ketones is 1. The first-order valence-corrected chi connectivity index (χ1v) is 8.23. The zero-order chi connectivity index (χ0) is 18.9. The number of thiocarbonyl (C=S) groups is 1. The first-order chi connectivity index (χ1) is 12.3. The van der Waals surface area contributed by atoms with Crippen LogP contribution in [0.15, 0.2) is 65.9 Å². The molecule has 0 saturated carbocycles. The maximum absolute atomic E-state index is 13.0. The topological polar surface area (TPSA) is 41.1 Å². The Hall–Kier alpha value is -2.67. The summed E-state index contributed by atoms with van der Waals surface area (Å²) in [6, 6.07) is 12.8. The number of carbonyl (C=O) groups excluding carboxylic acids is 1. The lowest BCUT2D eigenvalue weighted by molar-refractivity contribution is -0.137. The fraction of sp³-hybridized carbons (Fsp3) is 0.158. The summed E-state index contributed by atoms with van der Waals surface area (Å²) in [7, 11) is 0. The van der Waals surface area contributed by atoms with Crippen molar-refractivity contribution in [2.75, 3.05) is 0 Å². The quantitative estimate of drug-likeness (QED) is 0.616. The first-order valence-electron chi connectivity index (χ1n) is 7.82. The van der Waals surface area contributed by atoms with Gasteiger partial charge in [-0.1, -0.05) is 42.5 Å². The van der Waals surface area contributed by atoms with E-state index >= 15 is 0 Å². The van der Waals surface area contributed by atoms with Gasteiger partial charge in [0.15, 0.2) is 10.9 Å². The lowest BCUT2D eigenvalue weighted by Crippen LogP contribution is -2.44. The van der Waals surface area contributed by atoms with E-state index in [1.54, 1.807) is 37.3 Å². The minimum absolute atomic E-state index is 0.213. The molecule has 1 heterocycles. The summed E-state index contributed by atoms with van der Waals surface area (Å²) in [6.45, 7) is 1.72. The molecule has 0 spiro atoms. The smallest absolute Gasteiger partial charge is 0.351 e. The molecule has 3 nitrogen and oxygen atoms in total. The van der Waals surface area contributed by atoms with Gasteiger partial charge in [-0.2, -0.15) is 13.2 Å². The van der Waals surface area contributed by atoms with Gasteiger partial charge in [-0.15, -0.1) is 0 Å². The van der Waals surface area contributed by atoms with Crippen LogP contribution in [-0.2, 0) is 6.18 Å². The highest BCUT2D eigenvalue weighted by Gasteiger charge is 2.33. The van der Waals surface area contributed by atoms with Crippen molar-refractivity contribution in [3.63, 3.8) is 0 Å². The van der Waals surface area contributed by atoms with Gasteiger partial charge < -0.3 is 10.6 Å². The van der Waals surface area contributed by atoms with Crippen molar-refractivity contribution < 1.29 is 18.0 Å². The van der Waals surface area contributed by atoms with Gasteiger partial charge in [0.05, 0.1) is 11.6 Å². The van der Waals surface area contributed by atoms with Gasteiger partial charge in [0, 0.05) is 16.8 Å². The molecule has 1 unspecified atom stereocenters. The Balaban J connectivity index is 2.02. The van der Waals surface area contributed by atoms with Crippen LogP contribution in [0.25, 0.3) is 0 Å². The third-order valence-corrected chi connectivity index (χ3v) is 4.34. The largest absolute Gasteiger partial charge is 0.416 e. The van der Waals surface area contributed by atoms with Crippen LogP contribution in [0.1, 0.15) is 34.5 Å². The number of hydrogen-bond donors (Lipinski definition) is 2. The Labute approximate surface area is 153 Å². The summed E-state index contributed by atoms with van der Waals surface area (Å²) in [5, 5.41) is 6.21. The number of allylic oxidation sites excluding steroid dienone is 1. The second-order valence-electron chi connectivity index (χ2n) is 5.89. The van der Waals surface area contributed by atoms with Crippen LogP contribution < -0.4 is 10.6 Å². The molecular formula is C19H15F3N2OS. The van der Waals surface area contributed by atoms with E-state index in [0.717, 1.165) is 12.1 Å². The molecule has 0 fully saturated rings. The Bertz CT molecular complexity index is 874. The number of nitrogens with one attached hydrogen (secondary N) is 2. The summed E-state index contributed by atoms with van der Waals surface area (Å²) >= 11 is 5.15. The summed E-state index contributed by atoms with van der Waals surface area (Å²) in [6.07, 6.45) is -4.41. The molecule has 26 heavy (non-hydrogen) atoms. The number of hydrogen-bond acceptors (Lipinski definition) is 2. The molecule has 0 amide bonds. The number of alkyl halides is 3. The second-order valence-corrected chi connectivity index (χ2v) is 6.29. The van der Waals surface area contributed by atoms with Gasteiger partial charge in [-0.3, -0.25) is 4.79 Å². The Morgan fingerprint density at radius 1 is 1.04 bits per heavy atom. The standard InChI is InChI=1S/C19H15F3N2OS/c1-11-15(17(25)13-5-3-2-4-6-13)16(24-18(26)23-11)12-7-9-14(10-8-12)19(20,21)22/h2-10,16H,1H3,(H2,23,24,26). The summed E-state index contributed by atoms with van der Waals surface area (Å²) in [5.74, 6) is -0.213. The zero-order valence-electron chi connectivity index (χ0n) is 13.7. The van der Waals surface area contributed by atoms with Crippen molar-refractivity contribution in [2.24, 2.45) is 0 Å². The molecule has 1 aliphatic rings. The number of halogens is 3. The third-order valence-electron chi connectivity index (χ3n) is 4.12. The predicted molar refractivity (Wildman–Crippen MR) is 96.5 cm³/mol. The van der Waals surface area contributed by atoms with E-state index in [4.69, 9.17) is 12.2 Å². The molecule has 2 aromatic rings. The van der Waals surface area contributed by atoms with E-state index in [9.17, 15) is 18.0 Å². The van der Waals surface area contributed by atoms with Crippen LogP contribution in [0, 0.1) is 0 Å². The molecule has 7 heteroatoms. The van der Waals surface area contributed by atoms with Crippen molar-refractivity contribution in [2.45, 2.75) is 19.1 Å². The molecule has 3 rings (SSSR count). The van der Waals surface area contributed by atoms with Crippen LogP contribution >= 0.6 is 12.2 Å². The maximum Gasteiger partial charge on any atom is 0.416 e. The van der Waals surface area contributed by atoms with Gasteiger partial charge in [0.1, 0.15) is 0 Å². The minimum Gasteiger partial charge on any atom is -0.351 e. The molecule has 1 atom stereocenters. The molecular weight excluding hydrogens is 361 g/mol. The van der Waals surface area contributed by atoms with Gasteiger partial charge in [0.2, 0.25) is 0 Å². The van der Waals surface area contributed by atoms with Crippen molar-refractivity contribution in [3.05, 3.63) is 82.6 Å². The van der Waals surface area contributed by atoms with Crippen LogP contribution in [-0.4, -0.2) is 10.9 Å². The number of Topliss-reactive ketones (excluding diaryl/α,β-unsaturated/α-hetero) is 1. The lowest BCUT2D eigenvalue weighted by Gasteiger charge is -2.30. The molecule has 0 saturated heterocycles. The van der Waals surface area contributed by atoms with E-state index in [2.05, 4.69) is 10.6 Å². The predicted octanol–water partition coefficient (Wildman–Crippen LogP) is 4.38. The molecule has 1 aliphatic heterocycles. The highest BCUT2D eigenvalue weighted by Crippen LogP contribution is 2.33. The Morgan fingerprint density at radius 3 is 2.23 bits per heavy atom. The summed E-state index contributed by atoms with van der Waals surface area (Å²) < 4.78 is 38.4. The number of rotatable bonds is 3. The number of carbonyl (C=O) groups is 1. The average molecular weight is 376 g/mol. The minimum atomic E-state index is -4.41. The molecule has 0 aromatic heterocycles. The average Bonchev–Trinajstić information content (AvgIpc) is 2.61. The lowest BCUT2D eigenvalue weighted by atomic mass is 9.89. The monoisotopic (exact) mass is 376 g/mol. The SMILES string of the molecule is CC1=C(C(=O)c2ccccc2)C(c2ccc(C(F)(F)F)cc2)NC(=S)N1. The Morgan fingerprint density at radius 2 is 1.65 bits per heavy atom. The molecule has 134 valence electrons. The van der Waals surface area contributed by atoms with Crippen molar-refractivity contribution in [1.29, 1.82) is 0 Å². The second kappa shape index (κ2) is 6.92. The highest BCUT2D eigenvalue weighted by molar-refractivity contribution is 7.80. The van der Waals surface area contributed by atoms with E-state index < -0.39 is 17.8 Å².